The molecule has 26 heavy (non-hydrogen) atoms. The summed E-state index contributed by atoms with van der Waals surface area (Å²) < 4.78 is 0. The number of aromatic nitrogens is 1. The average Bonchev–Trinajstić information content (AvgIpc) is 3.46. The summed E-state index contributed by atoms with van der Waals surface area (Å²) in [5, 5.41) is 0. The molecule has 0 spiro atoms. The lowest BCUT2D eigenvalue weighted by atomic mass is 9.76. The minimum atomic E-state index is -0.913. The molecule has 2 aromatic rings. The highest BCUT2D eigenvalue weighted by Crippen LogP contribution is 2.44. The van der Waals surface area contributed by atoms with E-state index in [2.05, 4.69) is 22.1 Å². The second-order valence-electron chi connectivity index (χ2n) is 7.34. The standard InChI is InChI=1S/C20H21BN4O/c1-20(15-4-3-5-16(21)23-15)17(18(26)25(2)19(22)24-20)14-10-8-13(9-11-14)12-6-7-12/h3-5,8-12,17H,6-7H2,1-2H3,(H2,22,24)/t17-,20-/m1/s1. The van der Waals surface area contributed by atoms with Crippen molar-refractivity contribution in [1.29, 1.82) is 0 Å². The fraction of sp³-hybridized carbons (Fsp3) is 0.350. The molecule has 2 N–H and O–H groups in total. The molecule has 2 atom stereocenters. The van der Waals surface area contributed by atoms with E-state index in [4.69, 9.17) is 13.6 Å². The van der Waals surface area contributed by atoms with E-state index in [1.54, 1.807) is 13.1 Å². The minimum absolute atomic E-state index is 0.0941. The molecule has 130 valence electrons. The number of likely N-dealkylation sites (N-methyl/N-ethyl adjacent to an activating group) is 1. The first-order valence-corrected chi connectivity index (χ1v) is 8.86. The van der Waals surface area contributed by atoms with E-state index in [-0.39, 0.29) is 11.9 Å². The van der Waals surface area contributed by atoms with Crippen LogP contribution in [0.4, 0.5) is 0 Å². The van der Waals surface area contributed by atoms with Gasteiger partial charge in [-0.25, -0.2) is 4.99 Å². The van der Waals surface area contributed by atoms with Gasteiger partial charge in [-0.3, -0.25) is 14.7 Å². The molecule has 5 nitrogen and oxygen atoms in total. The summed E-state index contributed by atoms with van der Waals surface area (Å²) in [6, 6.07) is 13.7. The van der Waals surface area contributed by atoms with Crippen LogP contribution in [0.5, 0.6) is 0 Å². The van der Waals surface area contributed by atoms with Gasteiger partial charge in [0.25, 0.3) is 0 Å². The Hall–Kier alpha value is -2.63. The van der Waals surface area contributed by atoms with Crippen molar-refractivity contribution in [1.82, 2.24) is 9.88 Å². The van der Waals surface area contributed by atoms with Gasteiger partial charge < -0.3 is 5.73 Å². The van der Waals surface area contributed by atoms with Gasteiger partial charge >= 0.3 is 0 Å². The smallest absolute Gasteiger partial charge is 0.239 e. The lowest BCUT2D eigenvalue weighted by molar-refractivity contribution is -0.130. The average molecular weight is 344 g/mol. The van der Waals surface area contributed by atoms with Crippen molar-refractivity contribution in [2.75, 3.05) is 7.05 Å². The van der Waals surface area contributed by atoms with Gasteiger partial charge in [-0.05, 0) is 48.5 Å². The maximum Gasteiger partial charge on any atom is 0.239 e. The summed E-state index contributed by atoms with van der Waals surface area (Å²) in [6.45, 7) is 1.89. The summed E-state index contributed by atoms with van der Waals surface area (Å²) in [4.78, 5) is 23.7. The molecule has 1 aliphatic heterocycles. The monoisotopic (exact) mass is 344 g/mol. The Morgan fingerprint density at radius 3 is 2.42 bits per heavy atom. The van der Waals surface area contributed by atoms with Crippen LogP contribution in [0.25, 0.3) is 0 Å². The molecule has 6 heteroatoms. The molecule has 4 rings (SSSR count). The third kappa shape index (κ3) is 2.70. The summed E-state index contributed by atoms with van der Waals surface area (Å²) in [5.74, 6) is 0.253. The predicted molar refractivity (Wildman–Crippen MR) is 103 cm³/mol. The Labute approximate surface area is 154 Å². The number of aliphatic imine (C=N–C) groups is 1. The second-order valence-corrected chi connectivity index (χ2v) is 7.34. The molecular weight excluding hydrogens is 323 g/mol. The second kappa shape index (κ2) is 5.97. The number of nitrogens with two attached hydrogens (primary N) is 1. The number of hydrogen-bond donors (Lipinski definition) is 1. The summed E-state index contributed by atoms with van der Waals surface area (Å²) in [7, 11) is 7.53. The summed E-state index contributed by atoms with van der Waals surface area (Å²) in [5.41, 5.74) is 8.39. The molecule has 1 aliphatic carbocycles. The number of benzene rings is 1. The molecule has 1 amide bonds. The minimum Gasteiger partial charge on any atom is -0.369 e. The topological polar surface area (TPSA) is 71.6 Å². The van der Waals surface area contributed by atoms with Crippen LogP contribution in [0.2, 0.25) is 0 Å². The lowest BCUT2D eigenvalue weighted by Gasteiger charge is -2.40. The number of carbonyl (C=O) groups excluding carboxylic acids is 1. The number of carbonyl (C=O) groups is 1. The molecule has 2 heterocycles. The van der Waals surface area contributed by atoms with Gasteiger partial charge in [0.2, 0.25) is 5.91 Å². The molecule has 1 fully saturated rings. The Morgan fingerprint density at radius 2 is 1.81 bits per heavy atom. The van der Waals surface area contributed by atoms with Crippen molar-refractivity contribution in [3.8, 4) is 0 Å². The van der Waals surface area contributed by atoms with Gasteiger partial charge in [-0.15, -0.1) is 0 Å². The van der Waals surface area contributed by atoms with Gasteiger partial charge in [0.15, 0.2) is 5.96 Å². The van der Waals surface area contributed by atoms with Gasteiger partial charge in [0.1, 0.15) is 13.4 Å². The number of hydrogen-bond acceptors (Lipinski definition) is 4. The van der Waals surface area contributed by atoms with E-state index < -0.39 is 11.5 Å². The molecule has 0 saturated heterocycles. The van der Waals surface area contributed by atoms with Crippen LogP contribution in [0, 0.1) is 0 Å². The highest BCUT2D eigenvalue weighted by molar-refractivity contribution is 6.30. The highest BCUT2D eigenvalue weighted by atomic mass is 16.2. The number of nitrogens with zero attached hydrogens (tertiary/aromatic N) is 3. The molecule has 0 unspecified atom stereocenters. The maximum absolute atomic E-state index is 13.1. The first-order valence-electron chi connectivity index (χ1n) is 8.86. The van der Waals surface area contributed by atoms with E-state index in [9.17, 15) is 4.79 Å². The highest BCUT2D eigenvalue weighted by Gasteiger charge is 2.48. The molecular formula is C20H21BN4O. The molecule has 2 aliphatic rings. The zero-order valence-corrected chi connectivity index (χ0v) is 15.0. The van der Waals surface area contributed by atoms with Crippen LogP contribution >= 0.6 is 0 Å². The van der Waals surface area contributed by atoms with Gasteiger partial charge in [0, 0.05) is 7.05 Å². The Kier molecular flexibility index (Phi) is 3.86. The van der Waals surface area contributed by atoms with Crippen molar-refractivity contribution in [2.24, 2.45) is 10.7 Å². The van der Waals surface area contributed by atoms with Crippen molar-refractivity contribution in [3.63, 3.8) is 0 Å². The SMILES string of the molecule is [B]c1cccc([C@@]2(C)N=C(N)N(C)C(=O)[C@H]2c2ccc(C3CC3)cc2)n1. The Bertz CT molecular complexity index is 891. The zero-order chi connectivity index (χ0) is 18.5. The fourth-order valence-corrected chi connectivity index (χ4v) is 3.71. The van der Waals surface area contributed by atoms with E-state index in [0.717, 1.165) is 5.56 Å². The first kappa shape index (κ1) is 16.8. The van der Waals surface area contributed by atoms with Crippen LogP contribution in [0.3, 0.4) is 0 Å². The molecule has 1 aromatic carbocycles. The van der Waals surface area contributed by atoms with Crippen LogP contribution < -0.4 is 11.3 Å². The molecule has 0 bridgehead atoms. The van der Waals surface area contributed by atoms with Crippen LogP contribution in [-0.2, 0) is 10.3 Å². The third-order valence-electron chi connectivity index (χ3n) is 5.44. The molecule has 2 radical (unpaired) electrons. The Balaban J connectivity index is 1.84. The van der Waals surface area contributed by atoms with Gasteiger partial charge in [-0.2, -0.15) is 0 Å². The normalized spacial score (nSPS) is 25.9. The van der Waals surface area contributed by atoms with Crippen molar-refractivity contribution in [2.45, 2.75) is 37.1 Å². The van der Waals surface area contributed by atoms with E-state index >= 15 is 0 Å². The van der Waals surface area contributed by atoms with Crippen molar-refractivity contribution < 1.29 is 4.79 Å². The summed E-state index contributed by atoms with van der Waals surface area (Å²) in [6.07, 6.45) is 2.49. The predicted octanol–water partition coefficient (Wildman–Crippen LogP) is 1.54. The van der Waals surface area contributed by atoms with Crippen LogP contribution in [-0.4, -0.2) is 36.6 Å². The van der Waals surface area contributed by atoms with Gasteiger partial charge in [-0.1, -0.05) is 36.4 Å². The van der Waals surface area contributed by atoms with E-state index in [0.29, 0.717) is 17.2 Å². The first-order chi connectivity index (χ1) is 12.4. The van der Waals surface area contributed by atoms with E-state index in [1.807, 2.05) is 31.2 Å². The fourth-order valence-electron chi connectivity index (χ4n) is 3.71. The number of pyridine rings is 1. The van der Waals surface area contributed by atoms with Crippen LogP contribution in [0.1, 0.15) is 48.4 Å². The third-order valence-corrected chi connectivity index (χ3v) is 5.44. The molecule has 1 saturated carbocycles. The maximum atomic E-state index is 13.1. The number of guanidine groups is 1. The number of rotatable bonds is 3. The van der Waals surface area contributed by atoms with Gasteiger partial charge in [0.05, 0.1) is 11.6 Å². The Morgan fingerprint density at radius 1 is 1.15 bits per heavy atom. The quantitative estimate of drug-likeness (QED) is 0.859. The van der Waals surface area contributed by atoms with Crippen molar-refractivity contribution >= 4 is 25.3 Å². The lowest BCUT2D eigenvalue weighted by Crippen LogP contribution is -2.53. The zero-order valence-electron chi connectivity index (χ0n) is 15.0. The van der Waals surface area contributed by atoms with E-state index in [1.165, 1.54) is 23.3 Å². The molecule has 1 aromatic heterocycles. The van der Waals surface area contributed by atoms with Crippen LogP contribution in [0.15, 0.2) is 47.5 Å². The summed E-state index contributed by atoms with van der Waals surface area (Å²) >= 11 is 0. The number of amides is 1. The largest absolute Gasteiger partial charge is 0.369 e. The van der Waals surface area contributed by atoms with Crippen molar-refractivity contribution in [3.05, 3.63) is 59.3 Å².